The minimum absolute atomic E-state index is 0.172. The molecule has 0 aliphatic heterocycles. The van der Waals surface area contributed by atoms with Gasteiger partial charge in [0.15, 0.2) is 5.69 Å². The molecule has 2 aromatic heterocycles. The van der Waals surface area contributed by atoms with Crippen molar-refractivity contribution in [2.75, 3.05) is 0 Å². The fourth-order valence-corrected chi connectivity index (χ4v) is 4.17. The monoisotopic (exact) mass is 381 g/mol. The molecule has 1 unspecified atom stereocenters. The van der Waals surface area contributed by atoms with E-state index in [1.165, 1.54) is 12.1 Å². The molecule has 1 N–H and O–H groups in total. The number of nitrogens with zero attached hydrogens (tertiary/aromatic N) is 4. The quantitative estimate of drug-likeness (QED) is 0.754. The summed E-state index contributed by atoms with van der Waals surface area (Å²) in [7, 11) is 1.90. The Hall–Kier alpha value is -2.96. The van der Waals surface area contributed by atoms with Crippen LogP contribution in [-0.4, -0.2) is 25.5 Å². The molecule has 1 aromatic carbocycles. The second-order valence-corrected chi connectivity index (χ2v) is 7.42. The summed E-state index contributed by atoms with van der Waals surface area (Å²) in [6, 6.07) is 6.03. The van der Waals surface area contributed by atoms with Crippen molar-refractivity contribution in [1.82, 2.24) is 24.9 Å². The number of carbonyl (C=O) groups is 1. The van der Waals surface area contributed by atoms with Gasteiger partial charge < -0.3 is 5.32 Å². The van der Waals surface area contributed by atoms with Crippen LogP contribution in [0.1, 0.15) is 58.1 Å². The molecule has 0 bridgehead atoms. The Morgan fingerprint density at radius 3 is 2.54 bits per heavy atom. The molecule has 3 aromatic rings. The predicted molar refractivity (Wildman–Crippen MR) is 104 cm³/mol. The van der Waals surface area contributed by atoms with E-state index in [0.29, 0.717) is 5.69 Å². The summed E-state index contributed by atoms with van der Waals surface area (Å²) in [5, 5.41) is 12.1. The Morgan fingerprint density at radius 2 is 1.89 bits per heavy atom. The molecular weight excluding hydrogens is 357 g/mol. The van der Waals surface area contributed by atoms with E-state index in [1.54, 1.807) is 16.8 Å². The van der Waals surface area contributed by atoms with Gasteiger partial charge in [0.1, 0.15) is 5.82 Å². The lowest BCUT2D eigenvalue weighted by atomic mass is 10.1. The van der Waals surface area contributed by atoms with Gasteiger partial charge >= 0.3 is 0 Å². The Kier molecular flexibility index (Phi) is 4.53. The number of nitrogens with one attached hydrogen (secondary N) is 1. The summed E-state index contributed by atoms with van der Waals surface area (Å²) < 4.78 is 16.9. The van der Waals surface area contributed by atoms with Crippen LogP contribution in [0.3, 0.4) is 0 Å². The normalized spacial score (nSPS) is 14.2. The zero-order chi connectivity index (χ0) is 20.0. The number of fused-ring (bicyclic) bond motifs is 1. The molecule has 7 heteroatoms. The van der Waals surface area contributed by atoms with E-state index in [1.807, 2.05) is 32.5 Å². The van der Waals surface area contributed by atoms with Gasteiger partial charge in [-0.05, 0) is 64.3 Å². The first-order chi connectivity index (χ1) is 13.4. The first-order valence-corrected chi connectivity index (χ1v) is 9.54. The average Bonchev–Trinajstić information content (AvgIpc) is 3.30. The number of aromatic nitrogens is 4. The average molecular weight is 381 g/mol. The lowest BCUT2D eigenvalue weighted by molar-refractivity contribution is 0.0933. The molecule has 28 heavy (non-hydrogen) atoms. The van der Waals surface area contributed by atoms with Crippen molar-refractivity contribution in [1.29, 1.82) is 0 Å². The number of aryl methyl sites for hydroxylation is 2. The molecule has 1 amide bonds. The number of benzene rings is 1. The standard InChI is InChI=1S/C21H24FN5O/c1-12(19-13(2)24-26(4)14(19)3)23-21(28)20-17-6-5-7-18(17)27(25-20)16-10-8-15(22)9-11-16/h8-12H,5-7H2,1-4H3,(H,23,28). The number of amides is 1. The first-order valence-electron chi connectivity index (χ1n) is 9.54. The van der Waals surface area contributed by atoms with Crippen LogP contribution in [-0.2, 0) is 19.9 Å². The van der Waals surface area contributed by atoms with Gasteiger partial charge in [-0.15, -0.1) is 0 Å². The molecule has 0 radical (unpaired) electrons. The van der Waals surface area contributed by atoms with Crippen LogP contribution in [0.4, 0.5) is 4.39 Å². The summed E-state index contributed by atoms with van der Waals surface area (Å²) >= 11 is 0. The molecular formula is C21H24FN5O. The van der Waals surface area contributed by atoms with Gasteiger partial charge in [-0.25, -0.2) is 9.07 Å². The Morgan fingerprint density at radius 1 is 1.18 bits per heavy atom. The van der Waals surface area contributed by atoms with Crippen molar-refractivity contribution in [3.8, 4) is 5.69 Å². The maximum Gasteiger partial charge on any atom is 0.272 e. The van der Waals surface area contributed by atoms with Gasteiger partial charge in [-0.3, -0.25) is 9.48 Å². The van der Waals surface area contributed by atoms with Crippen molar-refractivity contribution in [2.45, 2.75) is 46.1 Å². The van der Waals surface area contributed by atoms with Gasteiger partial charge in [0.2, 0.25) is 0 Å². The highest BCUT2D eigenvalue weighted by molar-refractivity contribution is 5.94. The minimum atomic E-state index is -0.290. The molecule has 146 valence electrons. The summed E-state index contributed by atoms with van der Waals surface area (Å²) in [4.78, 5) is 13.0. The molecule has 4 rings (SSSR count). The smallest absolute Gasteiger partial charge is 0.272 e. The maximum absolute atomic E-state index is 13.3. The molecule has 1 aliphatic rings. The molecule has 2 heterocycles. The fraction of sp³-hybridized carbons (Fsp3) is 0.381. The van der Waals surface area contributed by atoms with Gasteiger partial charge in [0.05, 0.1) is 17.4 Å². The Balaban J connectivity index is 1.65. The van der Waals surface area contributed by atoms with Crippen LogP contribution in [0.25, 0.3) is 5.69 Å². The summed E-state index contributed by atoms with van der Waals surface area (Å²) in [5.74, 6) is -0.476. The number of halogens is 1. The molecule has 0 saturated carbocycles. The molecule has 0 spiro atoms. The minimum Gasteiger partial charge on any atom is -0.344 e. The van der Waals surface area contributed by atoms with Gasteiger partial charge in [0, 0.05) is 29.6 Å². The van der Waals surface area contributed by atoms with Gasteiger partial charge in [-0.1, -0.05) is 0 Å². The molecule has 1 aliphatic carbocycles. The van der Waals surface area contributed by atoms with Crippen LogP contribution in [0.15, 0.2) is 24.3 Å². The van der Waals surface area contributed by atoms with Crippen LogP contribution in [0, 0.1) is 19.7 Å². The second kappa shape index (κ2) is 6.89. The topological polar surface area (TPSA) is 64.7 Å². The van der Waals surface area contributed by atoms with E-state index in [9.17, 15) is 9.18 Å². The lowest BCUT2D eigenvalue weighted by Crippen LogP contribution is -2.28. The van der Waals surface area contributed by atoms with Crippen molar-refractivity contribution < 1.29 is 9.18 Å². The third-order valence-corrected chi connectivity index (χ3v) is 5.56. The number of carbonyl (C=O) groups excluding carboxylic acids is 1. The highest BCUT2D eigenvalue weighted by atomic mass is 19.1. The Labute approximate surface area is 163 Å². The van der Waals surface area contributed by atoms with E-state index >= 15 is 0 Å². The number of hydrogen-bond donors (Lipinski definition) is 1. The largest absolute Gasteiger partial charge is 0.344 e. The van der Waals surface area contributed by atoms with Crippen LogP contribution in [0.2, 0.25) is 0 Å². The highest BCUT2D eigenvalue weighted by Crippen LogP contribution is 2.29. The van der Waals surface area contributed by atoms with Crippen molar-refractivity contribution in [2.24, 2.45) is 7.05 Å². The van der Waals surface area contributed by atoms with Gasteiger partial charge in [-0.2, -0.15) is 10.2 Å². The second-order valence-electron chi connectivity index (χ2n) is 7.42. The number of rotatable bonds is 4. The Bertz CT molecular complexity index is 1050. The summed E-state index contributed by atoms with van der Waals surface area (Å²) in [6.07, 6.45) is 2.69. The van der Waals surface area contributed by atoms with Gasteiger partial charge in [0.25, 0.3) is 5.91 Å². The summed E-state index contributed by atoms with van der Waals surface area (Å²) in [5.41, 5.74) is 6.24. The van der Waals surface area contributed by atoms with Crippen molar-refractivity contribution in [3.63, 3.8) is 0 Å². The highest BCUT2D eigenvalue weighted by Gasteiger charge is 2.28. The van der Waals surface area contributed by atoms with Crippen LogP contribution in [0.5, 0.6) is 0 Å². The molecule has 0 saturated heterocycles. The van der Waals surface area contributed by atoms with E-state index in [-0.39, 0.29) is 17.8 Å². The third kappa shape index (κ3) is 3.00. The number of hydrogen-bond acceptors (Lipinski definition) is 3. The first kappa shape index (κ1) is 18.4. The summed E-state index contributed by atoms with van der Waals surface area (Å²) in [6.45, 7) is 5.91. The molecule has 6 nitrogen and oxygen atoms in total. The maximum atomic E-state index is 13.3. The predicted octanol–water partition coefficient (Wildman–Crippen LogP) is 3.34. The molecule has 1 atom stereocenters. The zero-order valence-electron chi connectivity index (χ0n) is 16.6. The molecule has 0 fully saturated rings. The van der Waals surface area contributed by atoms with Crippen molar-refractivity contribution in [3.05, 3.63) is 64.0 Å². The van der Waals surface area contributed by atoms with E-state index in [0.717, 1.165) is 53.2 Å². The van der Waals surface area contributed by atoms with Crippen molar-refractivity contribution >= 4 is 5.91 Å². The third-order valence-electron chi connectivity index (χ3n) is 5.56. The van der Waals surface area contributed by atoms with E-state index in [2.05, 4.69) is 15.5 Å². The zero-order valence-corrected chi connectivity index (χ0v) is 16.6. The van der Waals surface area contributed by atoms with E-state index in [4.69, 9.17) is 0 Å². The SMILES string of the molecule is Cc1nn(C)c(C)c1C(C)NC(=O)c1nn(-c2ccc(F)cc2)c2c1CCC2. The van der Waals surface area contributed by atoms with Crippen LogP contribution < -0.4 is 5.32 Å². The lowest BCUT2D eigenvalue weighted by Gasteiger charge is -2.14. The van der Waals surface area contributed by atoms with E-state index < -0.39 is 0 Å². The fourth-order valence-electron chi connectivity index (χ4n) is 4.17. The van der Waals surface area contributed by atoms with Crippen LogP contribution >= 0.6 is 0 Å².